The lowest BCUT2D eigenvalue weighted by Crippen LogP contribution is -2.30. The smallest absolute Gasteiger partial charge is 0.241 e. The second kappa shape index (κ2) is 9.52. The topological polar surface area (TPSA) is 77.8 Å². The molecule has 1 aromatic heterocycles. The number of fused-ring (bicyclic) bond motifs is 2. The van der Waals surface area contributed by atoms with Crippen LogP contribution in [0.15, 0.2) is 82.1 Å². The number of sulfonamides is 1. The Balaban J connectivity index is 1.57. The van der Waals surface area contributed by atoms with E-state index in [1.807, 2.05) is 54.6 Å². The van der Waals surface area contributed by atoms with Gasteiger partial charge in [-0.15, -0.1) is 0 Å². The molecule has 34 heavy (non-hydrogen) atoms. The van der Waals surface area contributed by atoms with E-state index in [1.165, 1.54) is 6.07 Å². The predicted octanol–water partition coefficient (Wildman–Crippen LogP) is 5.61. The molecule has 176 valence electrons. The summed E-state index contributed by atoms with van der Waals surface area (Å²) in [6, 6.07) is 21.5. The summed E-state index contributed by atoms with van der Waals surface area (Å²) in [5.74, 6) is 1.54. The van der Waals surface area contributed by atoms with Gasteiger partial charge in [0.25, 0.3) is 0 Å². The highest BCUT2D eigenvalue weighted by atomic mass is 32.2. The molecule has 0 bridgehead atoms. The minimum Gasteiger partial charge on any atom is -0.490 e. The van der Waals surface area contributed by atoms with E-state index in [-0.39, 0.29) is 4.90 Å². The third kappa shape index (κ3) is 4.54. The standard InChI is InChI=1S/C27H27NO5S/c1-2-8-19-9-3-5-11-22(19)27(26-17-20-10-4-6-12-23(20)33-26)28-34(29,30)21-13-14-24-25(18-21)32-16-7-15-31-24/h3-6,9-14,17-18,27-28H,2,7-8,15-16H2,1H3/t27-/m0/s1. The van der Waals surface area contributed by atoms with Crippen molar-refractivity contribution in [1.29, 1.82) is 0 Å². The number of furan rings is 1. The summed E-state index contributed by atoms with van der Waals surface area (Å²) >= 11 is 0. The molecule has 6 nitrogen and oxygen atoms in total. The van der Waals surface area contributed by atoms with Crippen LogP contribution in [0, 0.1) is 0 Å². The first-order chi connectivity index (χ1) is 16.5. The quantitative estimate of drug-likeness (QED) is 0.374. The average Bonchev–Trinajstić information content (AvgIpc) is 3.13. The van der Waals surface area contributed by atoms with Gasteiger partial charge in [0.15, 0.2) is 11.5 Å². The zero-order valence-corrected chi connectivity index (χ0v) is 19.8. The highest BCUT2D eigenvalue weighted by Crippen LogP contribution is 2.35. The van der Waals surface area contributed by atoms with Crippen LogP contribution in [-0.4, -0.2) is 21.6 Å². The maximum atomic E-state index is 13.6. The highest BCUT2D eigenvalue weighted by Gasteiger charge is 2.28. The van der Waals surface area contributed by atoms with Gasteiger partial charge in [0.2, 0.25) is 10.0 Å². The molecule has 2 heterocycles. The molecule has 7 heteroatoms. The van der Waals surface area contributed by atoms with E-state index in [9.17, 15) is 8.42 Å². The number of para-hydroxylation sites is 1. The van der Waals surface area contributed by atoms with Gasteiger partial charge in [-0.05, 0) is 41.8 Å². The van der Waals surface area contributed by atoms with Crippen molar-refractivity contribution in [3.8, 4) is 11.5 Å². The summed E-state index contributed by atoms with van der Waals surface area (Å²) in [4.78, 5) is 0.117. The minimum atomic E-state index is -3.92. The summed E-state index contributed by atoms with van der Waals surface area (Å²) < 4.78 is 47.6. The molecule has 0 saturated carbocycles. The first-order valence-corrected chi connectivity index (χ1v) is 13.0. The van der Waals surface area contributed by atoms with Gasteiger partial charge in [0.1, 0.15) is 17.4 Å². The van der Waals surface area contributed by atoms with Crippen LogP contribution >= 0.6 is 0 Å². The Morgan fingerprint density at radius 2 is 1.68 bits per heavy atom. The number of hydrogen-bond acceptors (Lipinski definition) is 5. The first-order valence-electron chi connectivity index (χ1n) is 11.5. The normalized spacial score (nSPS) is 14.6. The summed E-state index contributed by atoms with van der Waals surface area (Å²) in [6.45, 7) is 3.13. The zero-order chi connectivity index (χ0) is 23.5. The molecule has 5 rings (SSSR count). The van der Waals surface area contributed by atoms with E-state index in [0.717, 1.165) is 35.8 Å². The van der Waals surface area contributed by atoms with E-state index in [4.69, 9.17) is 13.9 Å². The van der Waals surface area contributed by atoms with E-state index in [1.54, 1.807) is 12.1 Å². The number of benzene rings is 3. The van der Waals surface area contributed by atoms with Crippen molar-refractivity contribution in [3.63, 3.8) is 0 Å². The van der Waals surface area contributed by atoms with Gasteiger partial charge in [-0.2, -0.15) is 4.72 Å². The number of nitrogens with one attached hydrogen (secondary N) is 1. The molecule has 0 amide bonds. The second-order valence-electron chi connectivity index (χ2n) is 8.35. The van der Waals surface area contributed by atoms with Crippen LogP contribution in [0.4, 0.5) is 0 Å². The third-order valence-corrected chi connectivity index (χ3v) is 7.34. The Morgan fingerprint density at radius 1 is 0.912 bits per heavy atom. The Labute approximate surface area is 199 Å². The van der Waals surface area contributed by atoms with Crippen molar-refractivity contribution in [2.75, 3.05) is 13.2 Å². The zero-order valence-electron chi connectivity index (χ0n) is 19.0. The van der Waals surface area contributed by atoms with Gasteiger partial charge in [-0.25, -0.2) is 8.42 Å². The molecule has 1 aliphatic rings. The van der Waals surface area contributed by atoms with Crippen LogP contribution in [-0.2, 0) is 16.4 Å². The summed E-state index contributed by atoms with van der Waals surface area (Å²) in [5, 5.41) is 0.922. The fourth-order valence-electron chi connectivity index (χ4n) is 4.27. The van der Waals surface area contributed by atoms with Crippen LogP contribution in [0.2, 0.25) is 0 Å². The summed E-state index contributed by atoms with van der Waals surface area (Å²) in [5.41, 5.74) is 2.67. The van der Waals surface area contributed by atoms with Crippen LogP contribution in [0.3, 0.4) is 0 Å². The van der Waals surface area contributed by atoms with Crippen molar-refractivity contribution >= 4 is 21.0 Å². The molecule has 0 radical (unpaired) electrons. The molecule has 0 saturated heterocycles. The third-order valence-electron chi connectivity index (χ3n) is 5.92. The first kappa shape index (κ1) is 22.5. The largest absolute Gasteiger partial charge is 0.490 e. The van der Waals surface area contributed by atoms with Crippen LogP contribution < -0.4 is 14.2 Å². The van der Waals surface area contributed by atoms with Gasteiger partial charge in [0.05, 0.1) is 18.1 Å². The lowest BCUT2D eigenvalue weighted by molar-refractivity contribution is 0.297. The van der Waals surface area contributed by atoms with Crippen molar-refractivity contribution in [1.82, 2.24) is 4.72 Å². The van der Waals surface area contributed by atoms with Gasteiger partial charge in [-0.3, -0.25) is 0 Å². The molecule has 1 atom stereocenters. The van der Waals surface area contributed by atoms with Gasteiger partial charge in [0, 0.05) is 17.9 Å². The summed E-state index contributed by atoms with van der Waals surface area (Å²) in [7, 11) is -3.92. The fraction of sp³-hybridized carbons (Fsp3) is 0.259. The molecule has 1 N–H and O–H groups in total. The molecule has 0 fully saturated rings. The van der Waals surface area contributed by atoms with Crippen molar-refractivity contribution in [2.24, 2.45) is 0 Å². The molecular formula is C27H27NO5S. The minimum absolute atomic E-state index is 0.117. The van der Waals surface area contributed by atoms with Gasteiger partial charge >= 0.3 is 0 Å². The molecule has 1 aliphatic heterocycles. The van der Waals surface area contributed by atoms with Crippen LogP contribution in [0.5, 0.6) is 11.5 Å². The summed E-state index contributed by atoms with van der Waals surface area (Å²) in [6.07, 6.45) is 2.52. The van der Waals surface area contributed by atoms with E-state index in [2.05, 4.69) is 11.6 Å². The number of rotatable bonds is 7. The van der Waals surface area contributed by atoms with Crippen molar-refractivity contribution in [2.45, 2.75) is 37.1 Å². The van der Waals surface area contributed by atoms with Crippen LogP contribution in [0.1, 0.15) is 42.7 Å². The second-order valence-corrected chi connectivity index (χ2v) is 10.1. The molecule has 3 aromatic carbocycles. The van der Waals surface area contributed by atoms with Gasteiger partial charge < -0.3 is 13.9 Å². The lowest BCUT2D eigenvalue weighted by Gasteiger charge is -2.21. The SMILES string of the molecule is CCCc1ccccc1[C@H](NS(=O)(=O)c1ccc2c(c1)OCCCO2)c1cc2ccccc2o1. The Hall–Kier alpha value is -3.29. The number of ether oxygens (including phenoxy) is 2. The maximum Gasteiger partial charge on any atom is 0.241 e. The number of aryl methyl sites for hydroxylation is 1. The van der Waals surface area contributed by atoms with E-state index in [0.29, 0.717) is 36.1 Å². The molecular weight excluding hydrogens is 450 g/mol. The van der Waals surface area contributed by atoms with Gasteiger partial charge in [-0.1, -0.05) is 55.8 Å². The van der Waals surface area contributed by atoms with Crippen molar-refractivity contribution < 1.29 is 22.3 Å². The Bertz CT molecular complexity index is 1380. The molecule has 0 unspecified atom stereocenters. The van der Waals surface area contributed by atoms with E-state index >= 15 is 0 Å². The molecule has 0 spiro atoms. The molecule has 4 aromatic rings. The average molecular weight is 478 g/mol. The Kier molecular flexibility index (Phi) is 6.30. The van der Waals surface area contributed by atoms with Crippen molar-refractivity contribution in [3.05, 3.63) is 89.7 Å². The maximum absolute atomic E-state index is 13.6. The lowest BCUT2D eigenvalue weighted by atomic mass is 9.96. The monoisotopic (exact) mass is 477 g/mol. The fourth-order valence-corrected chi connectivity index (χ4v) is 5.47. The van der Waals surface area contributed by atoms with E-state index < -0.39 is 16.1 Å². The number of hydrogen-bond donors (Lipinski definition) is 1. The predicted molar refractivity (Wildman–Crippen MR) is 131 cm³/mol. The molecule has 0 aliphatic carbocycles. The van der Waals surface area contributed by atoms with Crippen LogP contribution in [0.25, 0.3) is 11.0 Å². The Morgan fingerprint density at radius 3 is 2.50 bits per heavy atom. The highest BCUT2D eigenvalue weighted by molar-refractivity contribution is 7.89.